The third-order valence-electron chi connectivity index (χ3n) is 3.89. The topological polar surface area (TPSA) is 48.0 Å². The number of aliphatic hydroxyl groups excluding tert-OH is 1. The summed E-state index contributed by atoms with van der Waals surface area (Å²) in [5.41, 5.74) is 4.10. The maximum atomic E-state index is 9.12. The van der Waals surface area contributed by atoms with E-state index in [4.69, 9.17) is 5.11 Å². The number of hydrogen-bond donors (Lipinski definition) is 3. The zero-order valence-electron chi connectivity index (χ0n) is 10.7. The molecular formula is C15H20N2O. The molecule has 1 aromatic carbocycles. The zero-order valence-corrected chi connectivity index (χ0v) is 10.7. The van der Waals surface area contributed by atoms with E-state index in [1.165, 1.54) is 22.2 Å². The molecule has 1 unspecified atom stereocenters. The van der Waals surface area contributed by atoms with Gasteiger partial charge in [0.15, 0.2) is 0 Å². The number of aromatic amines is 1. The largest absolute Gasteiger partial charge is 0.395 e. The van der Waals surface area contributed by atoms with Crippen molar-refractivity contribution in [2.24, 2.45) is 0 Å². The van der Waals surface area contributed by atoms with Crippen molar-refractivity contribution in [1.29, 1.82) is 0 Å². The van der Waals surface area contributed by atoms with Gasteiger partial charge in [0.05, 0.1) is 6.61 Å². The molecule has 2 atom stereocenters. The van der Waals surface area contributed by atoms with Crippen LogP contribution < -0.4 is 5.32 Å². The highest BCUT2D eigenvalue weighted by molar-refractivity contribution is 5.84. The number of H-pyrrole nitrogens is 1. The summed E-state index contributed by atoms with van der Waals surface area (Å²) in [6.45, 7) is 2.24. The lowest BCUT2D eigenvalue weighted by Crippen LogP contribution is -2.41. The first-order valence-corrected chi connectivity index (χ1v) is 6.73. The summed E-state index contributed by atoms with van der Waals surface area (Å²) in [5.74, 6) is 0. The van der Waals surface area contributed by atoms with Crippen molar-refractivity contribution in [3.8, 4) is 0 Å². The maximum Gasteiger partial charge on any atom is 0.0582 e. The fourth-order valence-corrected chi connectivity index (χ4v) is 2.97. The lowest BCUT2D eigenvalue weighted by atomic mass is 9.91. The van der Waals surface area contributed by atoms with Gasteiger partial charge in [0.2, 0.25) is 0 Å². The first kappa shape index (κ1) is 11.8. The van der Waals surface area contributed by atoms with Gasteiger partial charge in [-0.2, -0.15) is 0 Å². The number of benzene rings is 1. The molecule has 1 heterocycles. The molecule has 0 spiro atoms. The van der Waals surface area contributed by atoms with Gasteiger partial charge < -0.3 is 15.4 Å². The van der Waals surface area contributed by atoms with Crippen LogP contribution in [0.1, 0.15) is 24.6 Å². The molecule has 0 amide bonds. The molecule has 0 fully saturated rings. The number of nitrogens with one attached hydrogen (secondary N) is 2. The van der Waals surface area contributed by atoms with Crippen LogP contribution >= 0.6 is 0 Å². The summed E-state index contributed by atoms with van der Waals surface area (Å²) in [6, 6.07) is 9.19. The first-order chi connectivity index (χ1) is 8.78. The van der Waals surface area contributed by atoms with Gasteiger partial charge in [0.1, 0.15) is 0 Å². The zero-order chi connectivity index (χ0) is 12.5. The molecule has 0 aliphatic heterocycles. The van der Waals surface area contributed by atoms with Crippen LogP contribution in [-0.4, -0.2) is 28.8 Å². The minimum atomic E-state index is 0.182. The standard InChI is InChI=1S/C15H20N2O/c1-10(9-18)16-11-6-7-15-13(8-11)12-4-2-3-5-14(12)17-15/h2-5,10-11,16-18H,6-9H2,1H3/t10-,11?/m1/s1. The lowest BCUT2D eigenvalue weighted by molar-refractivity contribution is 0.236. The van der Waals surface area contributed by atoms with Crippen molar-refractivity contribution in [2.75, 3.05) is 6.61 Å². The molecule has 3 N–H and O–H groups in total. The number of hydrogen-bond acceptors (Lipinski definition) is 2. The summed E-state index contributed by atoms with van der Waals surface area (Å²) in [7, 11) is 0. The maximum absolute atomic E-state index is 9.12. The lowest BCUT2D eigenvalue weighted by Gasteiger charge is -2.26. The van der Waals surface area contributed by atoms with E-state index in [2.05, 4.69) is 34.6 Å². The van der Waals surface area contributed by atoms with Crippen LogP contribution in [0.15, 0.2) is 24.3 Å². The van der Waals surface area contributed by atoms with Crippen LogP contribution in [-0.2, 0) is 12.8 Å². The highest BCUT2D eigenvalue weighted by Crippen LogP contribution is 2.29. The molecule has 0 saturated heterocycles. The smallest absolute Gasteiger partial charge is 0.0582 e. The normalized spacial score (nSPS) is 20.9. The van der Waals surface area contributed by atoms with Crippen molar-refractivity contribution in [3.63, 3.8) is 0 Å². The van der Waals surface area contributed by atoms with Crippen molar-refractivity contribution in [2.45, 2.75) is 38.3 Å². The fourth-order valence-electron chi connectivity index (χ4n) is 2.97. The Bertz CT molecular complexity index is 546. The minimum Gasteiger partial charge on any atom is -0.395 e. The molecule has 18 heavy (non-hydrogen) atoms. The number of rotatable bonds is 3. The van der Waals surface area contributed by atoms with Crippen molar-refractivity contribution < 1.29 is 5.11 Å². The van der Waals surface area contributed by atoms with Gasteiger partial charge >= 0.3 is 0 Å². The second kappa shape index (κ2) is 4.75. The Labute approximate surface area is 107 Å². The predicted molar refractivity (Wildman–Crippen MR) is 73.8 cm³/mol. The van der Waals surface area contributed by atoms with E-state index in [9.17, 15) is 0 Å². The van der Waals surface area contributed by atoms with Gasteiger partial charge in [-0.05, 0) is 37.8 Å². The summed E-state index contributed by atoms with van der Waals surface area (Å²) >= 11 is 0. The van der Waals surface area contributed by atoms with E-state index in [0.29, 0.717) is 6.04 Å². The third-order valence-corrected chi connectivity index (χ3v) is 3.89. The van der Waals surface area contributed by atoms with Gasteiger partial charge in [0, 0.05) is 28.7 Å². The highest BCUT2D eigenvalue weighted by Gasteiger charge is 2.22. The molecule has 96 valence electrons. The summed E-state index contributed by atoms with van der Waals surface area (Å²) in [6.07, 6.45) is 3.30. The van der Waals surface area contributed by atoms with Crippen LogP contribution in [0.3, 0.4) is 0 Å². The van der Waals surface area contributed by atoms with Crippen molar-refractivity contribution in [1.82, 2.24) is 10.3 Å². The SMILES string of the molecule is C[C@H](CO)NC1CCc2[nH]c3ccccc3c2C1. The van der Waals surface area contributed by atoms with Gasteiger partial charge in [-0.25, -0.2) is 0 Å². The molecular weight excluding hydrogens is 224 g/mol. The third kappa shape index (κ3) is 2.04. The van der Waals surface area contributed by atoms with Crippen molar-refractivity contribution in [3.05, 3.63) is 35.5 Å². The Morgan fingerprint density at radius 3 is 3.11 bits per heavy atom. The van der Waals surface area contributed by atoms with Crippen LogP contribution in [0.25, 0.3) is 10.9 Å². The summed E-state index contributed by atoms with van der Waals surface area (Å²) in [5, 5.41) is 14.0. The molecule has 2 aromatic rings. The van der Waals surface area contributed by atoms with Crippen LogP contribution in [0, 0.1) is 0 Å². The highest BCUT2D eigenvalue weighted by atomic mass is 16.3. The Morgan fingerprint density at radius 1 is 1.44 bits per heavy atom. The average molecular weight is 244 g/mol. The molecule has 1 aliphatic carbocycles. The van der Waals surface area contributed by atoms with E-state index >= 15 is 0 Å². The monoisotopic (exact) mass is 244 g/mol. The number of aryl methyl sites for hydroxylation is 1. The van der Waals surface area contributed by atoms with E-state index in [0.717, 1.165) is 19.3 Å². The van der Waals surface area contributed by atoms with E-state index in [-0.39, 0.29) is 12.6 Å². The second-order valence-corrected chi connectivity index (χ2v) is 5.32. The van der Waals surface area contributed by atoms with E-state index < -0.39 is 0 Å². The quantitative estimate of drug-likeness (QED) is 0.773. The van der Waals surface area contributed by atoms with E-state index in [1.54, 1.807) is 0 Å². The molecule has 0 radical (unpaired) electrons. The van der Waals surface area contributed by atoms with Gasteiger partial charge in [-0.1, -0.05) is 18.2 Å². The number of para-hydroxylation sites is 1. The van der Waals surface area contributed by atoms with Gasteiger partial charge in [0.25, 0.3) is 0 Å². The van der Waals surface area contributed by atoms with Gasteiger partial charge in [-0.15, -0.1) is 0 Å². The number of fused-ring (bicyclic) bond motifs is 3. The van der Waals surface area contributed by atoms with Crippen molar-refractivity contribution >= 4 is 10.9 Å². The molecule has 0 saturated carbocycles. The molecule has 3 nitrogen and oxygen atoms in total. The average Bonchev–Trinajstić information content (AvgIpc) is 2.77. The Kier molecular flexibility index (Phi) is 3.10. The fraction of sp³-hybridized carbons (Fsp3) is 0.467. The van der Waals surface area contributed by atoms with E-state index in [1.807, 2.05) is 6.92 Å². The Morgan fingerprint density at radius 2 is 2.28 bits per heavy atom. The molecule has 1 aromatic heterocycles. The first-order valence-electron chi connectivity index (χ1n) is 6.73. The summed E-state index contributed by atoms with van der Waals surface area (Å²) < 4.78 is 0. The van der Waals surface area contributed by atoms with Crippen LogP contribution in [0.2, 0.25) is 0 Å². The molecule has 3 rings (SSSR count). The molecule has 0 bridgehead atoms. The molecule has 3 heteroatoms. The van der Waals surface area contributed by atoms with Crippen LogP contribution in [0.4, 0.5) is 0 Å². The molecule has 1 aliphatic rings. The number of aromatic nitrogens is 1. The van der Waals surface area contributed by atoms with Crippen LogP contribution in [0.5, 0.6) is 0 Å². The number of aliphatic hydroxyl groups is 1. The van der Waals surface area contributed by atoms with Gasteiger partial charge in [-0.3, -0.25) is 0 Å². The minimum absolute atomic E-state index is 0.182. The Balaban J connectivity index is 1.87. The predicted octanol–water partition coefficient (Wildman–Crippen LogP) is 2.00. The summed E-state index contributed by atoms with van der Waals surface area (Å²) in [4.78, 5) is 3.53. The second-order valence-electron chi connectivity index (χ2n) is 5.32. The Hall–Kier alpha value is -1.32.